The molecule has 0 aromatic heterocycles. The molecule has 10 nitrogen and oxygen atoms in total. The van der Waals surface area contributed by atoms with Gasteiger partial charge in [0.15, 0.2) is 0 Å². The number of aromatic carboxylic acids is 4. The first kappa shape index (κ1) is 28.4. The second-order valence-electron chi connectivity index (χ2n) is 8.94. The molecule has 0 heterocycles. The molecule has 4 N–H and O–H groups in total. The van der Waals surface area contributed by atoms with Crippen molar-refractivity contribution in [3.63, 3.8) is 0 Å². The van der Waals surface area contributed by atoms with Crippen LogP contribution in [0.4, 0.5) is 0 Å². The van der Waals surface area contributed by atoms with Gasteiger partial charge in [0.25, 0.3) is 5.79 Å². The van der Waals surface area contributed by atoms with Crippen molar-refractivity contribution in [1.29, 1.82) is 0 Å². The van der Waals surface area contributed by atoms with Crippen molar-refractivity contribution in [3.8, 4) is 11.5 Å². The SMILES string of the molecule is O=C(O)c1ccc(OC(CCc2ccccc2)(Oc2ccc(C(=O)O)c(C(=O)O)c2)c2ccccc2)cc1C(=O)O. The zero-order valence-corrected chi connectivity index (χ0v) is 21.4. The molecule has 0 atom stereocenters. The van der Waals surface area contributed by atoms with E-state index in [1.165, 1.54) is 12.1 Å². The first-order chi connectivity index (χ1) is 19.6. The fourth-order valence-electron chi connectivity index (χ4n) is 4.31. The van der Waals surface area contributed by atoms with Gasteiger partial charge in [-0.3, -0.25) is 0 Å². The molecule has 41 heavy (non-hydrogen) atoms. The van der Waals surface area contributed by atoms with Gasteiger partial charge in [-0.05, 0) is 48.4 Å². The zero-order chi connectivity index (χ0) is 29.6. The van der Waals surface area contributed by atoms with E-state index in [1.807, 2.05) is 30.3 Å². The standard InChI is InChI=1S/C31H24O10/c32-27(33)23-13-11-21(17-25(23)29(36)37)40-31(20-9-5-2-6-10-20,16-15-19-7-3-1-4-8-19)41-22-12-14-24(28(34)35)26(18-22)30(38)39/h1-14,17-18H,15-16H2,(H,32,33)(H,34,35)(H,36,37)(H,38,39). The quantitative estimate of drug-likeness (QED) is 0.165. The molecule has 0 bridgehead atoms. The molecule has 0 aliphatic heterocycles. The molecule has 0 fully saturated rings. The van der Waals surface area contributed by atoms with Crippen molar-refractivity contribution in [2.75, 3.05) is 0 Å². The third-order valence-electron chi connectivity index (χ3n) is 6.27. The molecule has 0 amide bonds. The third kappa shape index (κ3) is 6.51. The minimum atomic E-state index is -1.70. The molecule has 4 aromatic carbocycles. The van der Waals surface area contributed by atoms with E-state index in [9.17, 15) is 39.6 Å². The molecule has 0 saturated heterocycles. The maximum Gasteiger partial charge on any atom is 0.336 e. The van der Waals surface area contributed by atoms with Crippen molar-refractivity contribution in [2.24, 2.45) is 0 Å². The Kier molecular flexibility index (Phi) is 8.33. The van der Waals surface area contributed by atoms with Crippen LogP contribution in [0.2, 0.25) is 0 Å². The molecule has 0 spiro atoms. The predicted molar refractivity (Wildman–Crippen MR) is 145 cm³/mol. The maximum absolute atomic E-state index is 11.9. The predicted octanol–water partition coefficient (Wildman–Crippen LogP) is 5.42. The lowest BCUT2D eigenvalue weighted by atomic mass is 9.96. The second kappa shape index (κ2) is 12.0. The van der Waals surface area contributed by atoms with E-state index in [4.69, 9.17) is 9.47 Å². The Hall–Kier alpha value is -5.64. The smallest absolute Gasteiger partial charge is 0.336 e. The molecule has 0 aliphatic rings. The highest BCUT2D eigenvalue weighted by atomic mass is 16.7. The van der Waals surface area contributed by atoms with Crippen LogP contribution in [0.5, 0.6) is 11.5 Å². The molecule has 0 aliphatic carbocycles. The number of aryl methyl sites for hydroxylation is 1. The fraction of sp³-hybridized carbons (Fsp3) is 0.0968. The van der Waals surface area contributed by atoms with E-state index in [2.05, 4.69) is 0 Å². The summed E-state index contributed by atoms with van der Waals surface area (Å²) in [6.45, 7) is 0. The number of carboxylic acid groups (broad SMARTS) is 4. The molecule has 0 radical (unpaired) electrons. The summed E-state index contributed by atoms with van der Waals surface area (Å²) in [6, 6.07) is 25.0. The maximum atomic E-state index is 11.9. The second-order valence-corrected chi connectivity index (χ2v) is 8.94. The van der Waals surface area contributed by atoms with Crippen LogP contribution in [0.3, 0.4) is 0 Å². The minimum absolute atomic E-state index is 0.0232. The average Bonchev–Trinajstić information content (AvgIpc) is 2.96. The Morgan fingerprint density at radius 3 is 1.37 bits per heavy atom. The fourth-order valence-corrected chi connectivity index (χ4v) is 4.31. The van der Waals surface area contributed by atoms with E-state index in [0.717, 1.165) is 29.8 Å². The first-order valence-electron chi connectivity index (χ1n) is 12.3. The number of hydrogen-bond acceptors (Lipinski definition) is 6. The lowest BCUT2D eigenvalue weighted by Gasteiger charge is -2.35. The van der Waals surface area contributed by atoms with E-state index >= 15 is 0 Å². The van der Waals surface area contributed by atoms with Crippen LogP contribution < -0.4 is 9.47 Å². The Labute approximate surface area is 233 Å². The van der Waals surface area contributed by atoms with Crippen LogP contribution in [0, 0.1) is 0 Å². The monoisotopic (exact) mass is 556 g/mol. The molecule has 0 saturated carbocycles. The van der Waals surface area contributed by atoms with Crippen molar-refractivity contribution >= 4 is 23.9 Å². The van der Waals surface area contributed by atoms with Gasteiger partial charge >= 0.3 is 23.9 Å². The van der Waals surface area contributed by atoms with E-state index in [-0.39, 0.29) is 17.9 Å². The Morgan fingerprint density at radius 2 is 0.951 bits per heavy atom. The summed E-state index contributed by atoms with van der Waals surface area (Å²) >= 11 is 0. The first-order valence-corrected chi connectivity index (χ1v) is 12.3. The van der Waals surface area contributed by atoms with Gasteiger partial charge < -0.3 is 29.9 Å². The van der Waals surface area contributed by atoms with Gasteiger partial charge in [-0.1, -0.05) is 60.7 Å². The number of benzene rings is 4. The zero-order valence-electron chi connectivity index (χ0n) is 21.4. The number of ether oxygens (including phenoxy) is 2. The van der Waals surface area contributed by atoms with Gasteiger partial charge in [0, 0.05) is 12.0 Å². The molecule has 4 aromatic rings. The summed E-state index contributed by atoms with van der Waals surface area (Å²) in [5, 5.41) is 38.2. The van der Waals surface area contributed by atoms with Gasteiger partial charge in [0.1, 0.15) is 11.5 Å². The van der Waals surface area contributed by atoms with Crippen LogP contribution >= 0.6 is 0 Å². The van der Waals surface area contributed by atoms with E-state index in [0.29, 0.717) is 12.0 Å². The topological polar surface area (TPSA) is 168 Å². The summed E-state index contributed by atoms with van der Waals surface area (Å²) in [4.78, 5) is 46.9. The molecular weight excluding hydrogens is 532 g/mol. The van der Waals surface area contributed by atoms with Crippen LogP contribution in [-0.2, 0) is 12.2 Å². The van der Waals surface area contributed by atoms with Crippen LogP contribution in [0.25, 0.3) is 0 Å². The number of hydrogen-bond donors (Lipinski definition) is 4. The Morgan fingerprint density at radius 1 is 0.537 bits per heavy atom. The van der Waals surface area contributed by atoms with Crippen LogP contribution in [-0.4, -0.2) is 44.3 Å². The summed E-state index contributed by atoms with van der Waals surface area (Å²) in [5.41, 5.74) is -0.473. The van der Waals surface area contributed by atoms with Gasteiger partial charge in [0.05, 0.1) is 22.3 Å². The lowest BCUT2D eigenvalue weighted by molar-refractivity contribution is -0.127. The molecule has 208 valence electrons. The third-order valence-corrected chi connectivity index (χ3v) is 6.27. The van der Waals surface area contributed by atoms with Crippen molar-refractivity contribution in [3.05, 3.63) is 130 Å². The number of carbonyl (C=O) groups is 4. The molecule has 4 rings (SSSR count). The molecule has 0 unspecified atom stereocenters. The summed E-state index contributed by atoms with van der Waals surface area (Å²) in [7, 11) is 0. The Balaban J connectivity index is 1.88. The average molecular weight is 557 g/mol. The van der Waals surface area contributed by atoms with Gasteiger partial charge in [-0.15, -0.1) is 0 Å². The summed E-state index contributed by atoms with van der Waals surface area (Å²) < 4.78 is 12.8. The molecular formula is C31H24O10. The summed E-state index contributed by atoms with van der Waals surface area (Å²) in [6.07, 6.45) is 0.529. The largest absolute Gasteiger partial charge is 0.478 e. The highest BCUT2D eigenvalue weighted by Gasteiger charge is 2.38. The van der Waals surface area contributed by atoms with Crippen molar-refractivity contribution < 1.29 is 49.1 Å². The van der Waals surface area contributed by atoms with Crippen molar-refractivity contribution in [1.82, 2.24) is 0 Å². The van der Waals surface area contributed by atoms with E-state index in [1.54, 1.807) is 30.3 Å². The number of carboxylic acids is 4. The van der Waals surface area contributed by atoms with Gasteiger partial charge in [-0.25, -0.2) is 19.2 Å². The normalized spacial score (nSPS) is 10.9. The van der Waals surface area contributed by atoms with Crippen LogP contribution in [0.15, 0.2) is 97.1 Å². The van der Waals surface area contributed by atoms with Gasteiger partial charge in [0.2, 0.25) is 0 Å². The number of rotatable bonds is 12. The highest BCUT2D eigenvalue weighted by molar-refractivity contribution is 6.02. The highest BCUT2D eigenvalue weighted by Crippen LogP contribution is 2.37. The van der Waals surface area contributed by atoms with E-state index < -0.39 is 51.9 Å². The lowest BCUT2D eigenvalue weighted by Crippen LogP contribution is -2.40. The van der Waals surface area contributed by atoms with Crippen molar-refractivity contribution in [2.45, 2.75) is 18.6 Å². The van der Waals surface area contributed by atoms with Crippen LogP contribution in [0.1, 0.15) is 59.0 Å². The molecule has 10 heteroatoms. The van der Waals surface area contributed by atoms with Gasteiger partial charge in [-0.2, -0.15) is 0 Å². The summed E-state index contributed by atoms with van der Waals surface area (Å²) in [5.74, 6) is -7.54. The minimum Gasteiger partial charge on any atom is -0.478 e. The Bertz CT molecular complexity index is 1520.